The number of ether oxygens (including phenoxy) is 1. The molecule has 0 bridgehead atoms. The van der Waals surface area contributed by atoms with Crippen LogP contribution in [-0.2, 0) is 9.53 Å². The standard InChI is InChI=1S/C14H18N4O2/c1-9-6-10-11(7-18-9)12(15)2-3-13(10)17-4-5-20-8-14(16)19/h2-3,6-7,17H,4-5,8,15H2,1H3,(H2,16,19). The van der Waals surface area contributed by atoms with Gasteiger partial charge in [0.1, 0.15) is 6.61 Å². The Kier molecular flexibility index (Phi) is 4.37. The van der Waals surface area contributed by atoms with Crippen molar-refractivity contribution in [3.8, 4) is 0 Å². The van der Waals surface area contributed by atoms with Crippen molar-refractivity contribution >= 4 is 28.1 Å². The maximum absolute atomic E-state index is 10.5. The summed E-state index contributed by atoms with van der Waals surface area (Å²) in [4.78, 5) is 14.8. The van der Waals surface area contributed by atoms with E-state index in [1.807, 2.05) is 25.1 Å². The third-order valence-electron chi connectivity index (χ3n) is 2.88. The van der Waals surface area contributed by atoms with Gasteiger partial charge in [-0.15, -0.1) is 0 Å². The first-order chi connectivity index (χ1) is 9.58. The highest BCUT2D eigenvalue weighted by atomic mass is 16.5. The van der Waals surface area contributed by atoms with Gasteiger partial charge in [-0.2, -0.15) is 0 Å². The molecular weight excluding hydrogens is 256 g/mol. The zero-order valence-electron chi connectivity index (χ0n) is 11.3. The number of benzene rings is 1. The fourth-order valence-corrected chi connectivity index (χ4v) is 1.95. The number of aryl methyl sites for hydroxylation is 1. The van der Waals surface area contributed by atoms with Gasteiger partial charge >= 0.3 is 0 Å². The van der Waals surface area contributed by atoms with Crippen LogP contribution in [0.2, 0.25) is 0 Å². The first-order valence-electron chi connectivity index (χ1n) is 6.32. The Morgan fingerprint density at radius 1 is 1.40 bits per heavy atom. The van der Waals surface area contributed by atoms with E-state index in [2.05, 4.69) is 10.3 Å². The third-order valence-corrected chi connectivity index (χ3v) is 2.88. The van der Waals surface area contributed by atoms with E-state index in [4.69, 9.17) is 16.2 Å². The molecule has 1 aromatic heterocycles. The molecule has 0 spiro atoms. The fraction of sp³-hybridized carbons (Fsp3) is 0.286. The molecule has 106 valence electrons. The number of nitrogen functional groups attached to an aromatic ring is 1. The van der Waals surface area contributed by atoms with Crippen LogP contribution in [0, 0.1) is 6.92 Å². The van der Waals surface area contributed by atoms with Crippen LogP contribution < -0.4 is 16.8 Å². The fourth-order valence-electron chi connectivity index (χ4n) is 1.95. The Labute approximate surface area is 117 Å². The Morgan fingerprint density at radius 3 is 2.95 bits per heavy atom. The summed E-state index contributed by atoms with van der Waals surface area (Å²) in [6.45, 7) is 2.85. The molecule has 5 N–H and O–H groups in total. The molecule has 20 heavy (non-hydrogen) atoms. The summed E-state index contributed by atoms with van der Waals surface area (Å²) in [6, 6.07) is 5.75. The summed E-state index contributed by atoms with van der Waals surface area (Å²) in [7, 11) is 0. The van der Waals surface area contributed by atoms with E-state index < -0.39 is 5.91 Å². The number of rotatable bonds is 6. The van der Waals surface area contributed by atoms with Crippen molar-refractivity contribution in [2.24, 2.45) is 5.73 Å². The van der Waals surface area contributed by atoms with Crippen molar-refractivity contribution in [1.29, 1.82) is 0 Å². The molecule has 2 rings (SSSR count). The molecule has 0 radical (unpaired) electrons. The Morgan fingerprint density at radius 2 is 2.20 bits per heavy atom. The van der Waals surface area contributed by atoms with Crippen LogP contribution in [0.3, 0.4) is 0 Å². The zero-order chi connectivity index (χ0) is 14.5. The third kappa shape index (κ3) is 3.36. The van der Waals surface area contributed by atoms with Crippen LogP contribution in [0.5, 0.6) is 0 Å². The quantitative estimate of drug-likeness (QED) is 0.539. The van der Waals surface area contributed by atoms with Gasteiger partial charge in [0.15, 0.2) is 0 Å². The van der Waals surface area contributed by atoms with Crippen LogP contribution >= 0.6 is 0 Å². The second-order valence-corrected chi connectivity index (χ2v) is 4.52. The molecule has 2 aromatic rings. The van der Waals surface area contributed by atoms with Gasteiger partial charge in [-0.05, 0) is 25.1 Å². The summed E-state index contributed by atoms with van der Waals surface area (Å²) in [6.07, 6.45) is 1.77. The maximum atomic E-state index is 10.5. The normalized spacial score (nSPS) is 10.7. The van der Waals surface area contributed by atoms with Gasteiger partial charge in [0.05, 0.1) is 6.61 Å². The second kappa shape index (κ2) is 6.21. The minimum Gasteiger partial charge on any atom is -0.398 e. The number of hydrogen-bond acceptors (Lipinski definition) is 5. The first kappa shape index (κ1) is 14.1. The number of anilines is 2. The monoisotopic (exact) mass is 274 g/mol. The molecule has 1 amide bonds. The van der Waals surface area contributed by atoms with Crippen LogP contribution in [-0.4, -0.2) is 30.6 Å². The molecule has 1 aromatic carbocycles. The number of carbonyl (C=O) groups is 1. The van der Waals surface area contributed by atoms with Crippen LogP contribution in [0.4, 0.5) is 11.4 Å². The highest BCUT2D eigenvalue weighted by Gasteiger charge is 2.05. The number of nitrogens with one attached hydrogen (secondary N) is 1. The van der Waals surface area contributed by atoms with Crippen LogP contribution in [0.25, 0.3) is 10.8 Å². The van der Waals surface area contributed by atoms with E-state index in [0.717, 1.165) is 22.2 Å². The predicted octanol–water partition coefficient (Wildman–Crippen LogP) is 1.04. The molecule has 0 aliphatic rings. The molecule has 0 fully saturated rings. The second-order valence-electron chi connectivity index (χ2n) is 4.52. The van der Waals surface area contributed by atoms with Gasteiger partial charge in [-0.1, -0.05) is 0 Å². The lowest BCUT2D eigenvalue weighted by Crippen LogP contribution is -2.20. The van der Waals surface area contributed by atoms with Gasteiger partial charge in [-0.3, -0.25) is 9.78 Å². The van der Waals surface area contributed by atoms with E-state index >= 15 is 0 Å². The summed E-state index contributed by atoms with van der Waals surface area (Å²) < 4.78 is 5.10. The summed E-state index contributed by atoms with van der Waals surface area (Å²) in [5, 5.41) is 5.19. The van der Waals surface area contributed by atoms with Crippen molar-refractivity contribution < 1.29 is 9.53 Å². The zero-order valence-corrected chi connectivity index (χ0v) is 11.3. The lowest BCUT2D eigenvalue weighted by atomic mass is 10.1. The number of pyridine rings is 1. The van der Waals surface area contributed by atoms with E-state index in [0.29, 0.717) is 18.8 Å². The Hall–Kier alpha value is -2.34. The lowest BCUT2D eigenvalue weighted by molar-refractivity contribution is -0.122. The topological polar surface area (TPSA) is 103 Å². The molecule has 0 saturated carbocycles. The van der Waals surface area contributed by atoms with Crippen molar-refractivity contribution in [1.82, 2.24) is 4.98 Å². The molecule has 6 heteroatoms. The number of aromatic nitrogens is 1. The minimum atomic E-state index is -0.468. The smallest absolute Gasteiger partial charge is 0.243 e. The van der Waals surface area contributed by atoms with Crippen molar-refractivity contribution in [3.63, 3.8) is 0 Å². The molecule has 0 atom stereocenters. The SMILES string of the molecule is Cc1cc2c(NCCOCC(N)=O)ccc(N)c2cn1. The van der Waals surface area contributed by atoms with Crippen LogP contribution in [0.15, 0.2) is 24.4 Å². The minimum absolute atomic E-state index is 0.0623. The molecule has 6 nitrogen and oxygen atoms in total. The average Bonchev–Trinajstić information content (AvgIpc) is 2.40. The van der Waals surface area contributed by atoms with Gasteiger partial charge in [-0.25, -0.2) is 0 Å². The van der Waals surface area contributed by atoms with E-state index in [-0.39, 0.29) is 6.61 Å². The summed E-state index contributed by atoms with van der Waals surface area (Å²) in [5.41, 5.74) is 13.5. The van der Waals surface area contributed by atoms with Gasteiger partial charge < -0.3 is 21.5 Å². The molecular formula is C14H18N4O2. The predicted molar refractivity (Wildman–Crippen MR) is 79.4 cm³/mol. The first-order valence-corrected chi connectivity index (χ1v) is 6.32. The van der Waals surface area contributed by atoms with E-state index in [1.165, 1.54) is 0 Å². The molecule has 0 aliphatic heterocycles. The number of nitrogens with two attached hydrogens (primary N) is 2. The van der Waals surface area contributed by atoms with Gasteiger partial charge in [0.25, 0.3) is 0 Å². The number of amides is 1. The number of hydrogen-bond donors (Lipinski definition) is 3. The number of carbonyl (C=O) groups excluding carboxylic acids is 1. The molecule has 0 unspecified atom stereocenters. The Bertz CT molecular complexity index is 628. The van der Waals surface area contributed by atoms with Gasteiger partial charge in [0.2, 0.25) is 5.91 Å². The largest absolute Gasteiger partial charge is 0.398 e. The average molecular weight is 274 g/mol. The highest BCUT2D eigenvalue weighted by molar-refractivity contribution is 6.00. The molecule has 1 heterocycles. The number of primary amides is 1. The molecule has 0 saturated heterocycles. The Balaban J connectivity index is 2.08. The summed E-state index contributed by atoms with van der Waals surface area (Å²) in [5.74, 6) is -0.468. The van der Waals surface area contributed by atoms with Crippen molar-refractivity contribution in [2.75, 3.05) is 30.8 Å². The van der Waals surface area contributed by atoms with E-state index in [9.17, 15) is 4.79 Å². The van der Waals surface area contributed by atoms with Gasteiger partial charge in [0, 0.05) is 40.6 Å². The highest BCUT2D eigenvalue weighted by Crippen LogP contribution is 2.28. The number of fused-ring (bicyclic) bond motifs is 1. The van der Waals surface area contributed by atoms with Crippen LogP contribution in [0.1, 0.15) is 5.69 Å². The van der Waals surface area contributed by atoms with Crippen molar-refractivity contribution in [3.05, 3.63) is 30.1 Å². The van der Waals surface area contributed by atoms with E-state index in [1.54, 1.807) is 6.20 Å². The maximum Gasteiger partial charge on any atom is 0.243 e. The van der Waals surface area contributed by atoms with Crippen molar-refractivity contribution in [2.45, 2.75) is 6.92 Å². The number of nitrogens with zero attached hydrogens (tertiary/aromatic N) is 1. The summed E-state index contributed by atoms with van der Waals surface area (Å²) >= 11 is 0. The lowest BCUT2D eigenvalue weighted by Gasteiger charge is -2.11. The molecule has 0 aliphatic carbocycles.